The van der Waals surface area contributed by atoms with Gasteiger partial charge in [-0.2, -0.15) is 0 Å². The molecule has 1 heterocycles. The average Bonchev–Trinajstić information content (AvgIpc) is 2.41. The number of methoxy groups -OCH3 is 1. The smallest absolute Gasteiger partial charge is 0.0734 e. The number of pyridine rings is 1. The number of para-hydroxylation sites is 1. The Labute approximate surface area is 114 Å². The number of ether oxygens (including phenoxy) is 1. The first-order valence-corrected chi connectivity index (χ1v) is 6.95. The lowest BCUT2D eigenvalue weighted by Crippen LogP contribution is -2.45. The van der Waals surface area contributed by atoms with Crippen LogP contribution in [0.15, 0.2) is 36.5 Å². The molecule has 0 atom stereocenters. The second-order valence-corrected chi connectivity index (χ2v) is 5.22. The number of hydrogen-bond donors (Lipinski definition) is 1. The summed E-state index contributed by atoms with van der Waals surface area (Å²) >= 11 is 0. The van der Waals surface area contributed by atoms with E-state index in [9.17, 15) is 0 Å². The van der Waals surface area contributed by atoms with Gasteiger partial charge in [0.15, 0.2) is 0 Å². The van der Waals surface area contributed by atoms with E-state index in [0.29, 0.717) is 12.1 Å². The maximum atomic E-state index is 5.29. The SMILES string of the molecule is COC1CC(NCCc2cccc3cccnc23)C1. The highest BCUT2D eigenvalue weighted by Gasteiger charge is 2.27. The second kappa shape index (κ2) is 5.68. The lowest BCUT2D eigenvalue weighted by Gasteiger charge is -2.34. The number of rotatable bonds is 5. The van der Waals surface area contributed by atoms with Gasteiger partial charge >= 0.3 is 0 Å². The molecule has 1 fully saturated rings. The van der Waals surface area contributed by atoms with E-state index in [4.69, 9.17) is 4.74 Å². The predicted octanol–water partition coefficient (Wildman–Crippen LogP) is 2.54. The minimum absolute atomic E-state index is 0.469. The molecule has 1 aromatic heterocycles. The largest absolute Gasteiger partial charge is 0.381 e. The first-order chi connectivity index (χ1) is 9.36. The van der Waals surface area contributed by atoms with Crippen LogP contribution < -0.4 is 5.32 Å². The second-order valence-electron chi connectivity index (χ2n) is 5.22. The van der Waals surface area contributed by atoms with E-state index < -0.39 is 0 Å². The summed E-state index contributed by atoms with van der Waals surface area (Å²) in [7, 11) is 1.79. The van der Waals surface area contributed by atoms with Crippen molar-refractivity contribution in [2.45, 2.75) is 31.4 Å². The highest BCUT2D eigenvalue weighted by atomic mass is 16.5. The standard InChI is InChI=1S/C16H20N2O/c1-19-15-10-14(11-15)17-9-7-13-5-2-4-12-6-3-8-18-16(12)13/h2-6,8,14-15,17H,7,9-11H2,1H3. The normalized spacial score (nSPS) is 22.4. The quantitative estimate of drug-likeness (QED) is 0.892. The molecule has 1 saturated carbocycles. The summed E-state index contributed by atoms with van der Waals surface area (Å²) in [6, 6.07) is 11.2. The Morgan fingerprint density at radius 1 is 1.26 bits per heavy atom. The fraction of sp³-hybridized carbons (Fsp3) is 0.438. The van der Waals surface area contributed by atoms with Crippen LogP contribution in [0, 0.1) is 0 Å². The number of nitrogens with zero attached hydrogens (tertiary/aromatic N) is 1. The highest BCUT2D eigenvalue weighted by Crippen LogP contribution is 2.22. The van der Waals surface area contributed by atoms with E-state index in [2.05, 4.69) is 34.6 Å². The molecule has 0 amide bonds. The summed E-state index contributed by atoms with van der Waals surface area (Å²) in [6.07, 6.45) is 5.66. The van der Waals surface area contributed by atoms with Crippen molar-refractivity contribution < 1.29 is 4.74 Å². The molecule has 2 aromatic rings. The lowest BCUT2D eigenvalue weighted by molar-refractivity contribution is 0.0177. The van der Waals surface area contributed by atoms with Gasteiger partial charge in [-0.15, -0.1) is 0 Å². The first-order valence-electron chi connectivity index (χ1n) is 6.95. The van der Waals surface area contributed by atoms with Crippen LogP contribution >= 0.6 is 0 Å². The monoisotopic (exact) mass is 256 g/mol. The molecule has 1 aliphatic carbocycles. The molecular weight excluding hydrogens is 236 g/mol. The Hall–Kier alpha value is -1.45. The minimum Gasteiger partial charge on any atom is -0.381 e. The van der Waals surface area contributed by atoms with Crippen molar-refractivity contribution >= 4 is 10.9 Å². The molecule has 3 rings (SSSR count). The maximum absolute atomic E-state index is 5.29. The van der Waals surface area contributed by atoms with E-state index >= 15 is 0 Å². The molecule has 0 radical (unpaired) electrons. The van der Waals surface area contributed by atoms with Crippen LogP contribution in [-0.2, 0) is 11.2 Å². The summed E-state index contributed by atoms with van der Waals surface area (Å²) in [5.41, 5.74) is 2.46. The number of fused-ring (bicyclic) bond motifs is 1. The van der Waals surface area contributed by atoms with Crippen LogP contribution in [0.1, 0.15) is 18.4 Å². The molecule has 19 heavy (non-hydrogen) atoms. The van der Waals surface area contributed by atoms with Crippen LogP contribution in [0.5, 0.6) is 0 Å². The molecular formula is C16H20N2O. The van der Waals surface area contributed by atoms with Crippen molar-refractivity contribution in [3.63, 3.8) is 0 Å². The molecule has 0 saturated heterocycles. The van der Waals surface area contributed by atoms with E-state index in [-0.39, 0.29) is 0 Å². The summed E-state index contributed by atoms with van der Waals surface area (Å²) in [5, 5.41) is 4.81. The molecule has 0 unspecified atom stereocenters. The van der Waals surface area contributed by atoms with E-state index in [1.54, 1.807) is 7.11 Å². The number of hydrogen-bond acceptors (Lipinski definition) is 3. The average molecular weight is 256 g/mol. The van der Waals surface area contributed by atoms with Crippen molar-refractivity contribution in [1.29, 1.82) is 0 Å². The van der Waals surface area contributed by atoms with Crippen molar-refractivity contribution in [3.8, 4) is 0 Å². The van der Waals surface area contributed by atoms with E-state index in [1.165, 1.54) is 10.9 Å². The Balaban J connectivity index is 1.57. The van der Waals surface area contributed by atoms with Crippen LogP contribution in [0.3, 0.4) is 0 Å². The zero-order valence-electron chi connectivity index (χ0n) is 11.3. The van der Waals surface area contributed by atoms with Gasteiger partial charge < -0.3 is 10.1 Å². The zero-order chi connectivity index (χ0) is 13.1. The van der Waals surface area contributed by atoms with Gasteiger partial charge in [0.25, 0.3) is 0 Å². The van der Waals surface area contributed by atoms with Crippen LogP contribution in [0.2, 0.25) is 0 Å². The van der Waals surface area contributed by atoms with Gasteiger partial charge in [-0.3, -0.25) is 4.98 Å². The number of aromatic nitrogens is 1. The molecule has 1 aromatic carbocycles. The fourth-order valence-corrected chi connectivity index (χ4v) is 2.70. The van der Waals surface area contributed by atoms with Crippen LogP contribution in [0.4, 0.5) is 0 Å². The van der Waals surface area contributed by atoms with Crippen LogP contribution in [-0.4, -0.2) is 30.8 Å². The van der Waals surface area contributed by atoms with Crippen LogP contribution in [0.25, 0.3) is 10.9 Å². The molecule has 0 aliphatic heterocycles. The molecule has 3 heteroatoms. The van der Waals surface area contributed by atoms with Crippen molar-refractivity contribution in [1.82, 2.24) is 10.3 Å². The summed E-state index contributed by atoms with van der Waals surface area (Å²) in [4.78, 5) is 4.49. The van der Waals surface area contributed by atoms with Gasteiger partial charge in [0.2, 0.25) is 0 Å². The molecule has 0 bridgehead atoms. The van der Waals surface area contributed by atoms with Crippen molar-refractivity contribution in [3.05, 3.63) is 42.1 Å². The van der Waals surface area contributed by atoms with Gasteiger partial charge in [0, 0.05) is 24.7 Å². The summed E-state index contributed by atoms with van der Waals surface area (Å²) in [5.74, 6) is 0. The fourth-order valence-electron chi connectivity index (χ4n) is 2.70. The third-order valence-corrected chi connectivity index (χ3v) is 3.97. The maximum Gasteiger partial charge on any atom is 0.0734 e. The third kappa shape index (κ3) is 2.77. The molecule has 100 valence electrons. The first kappa shape index (κ1) is 12.6. The Morgan fingerprint density at radius 3 is 2.95 bits per heavy atom. The van der Waals surface area contributed by atoms with E-state index in [0.717, 1.165) is 31.3 Å². The Kier molecular flexibility index (Phi) is 3.76. The van der Waals surface area contributed by atoms with Crippen molar-refractivity contribution in [2.24, 2.45) is 0 Å². The summed E-state index contributed by atoms with van der Waals surface area (Å²) < 4.78 is 5.29. The lowest BCUT2D eigenvalue weighted by atomic mass is 9.89. The topological polar surface area (TPSA) is 34.1 Å². The van der Waals surface area contributed by atoms with E-state index in [1.807, 2.05) is 12.3 Å². The van der Waals surface area contributed by atoms with Gasteiger partial charge in [0.05, 0.1) is 11.6 Å². The van der Waals surface area contributed by atoms with Gasteiger partial charge in [-0.05, 0) is 37.4 Å². The molecule has 1 aliphatic rings. The predicted molar refractivity (Wildman–Crippen MR) is 77.3 cm³/mol. The third-order valence-electron chi connectivity index (χ3n) is 3.97. The Morgan fingerprint density at radius 2 is 2.11 bits per heavy atom. The van der Waals surface area contributed by atoms with Gasteiger partial charge in [-0.1, -0.05) is 24.3 Å². The van der Waals surface area contributed by atoms with Gasteiger partial charge in [-0.25, -0.2) is 0 Å². The molecule has 1 N–H and O–H groups in total. The Bertz CT molecular complexity index is 544. The van der Waals surface area contributed by atoms with Gasteiger partial charge in [0.1, 0.15) is 0 Å². The van der Waals surface area contributed by atoms with Crippen molar-refractivity contribution in [2.75, 3.05) is 13.7 Å². The molecule has 0 spiro atoms. The number of nitrogens with one attached hydrogen (secondary N) is 1. The number of benzene rings is 1. The zero-order valence-corrected chi connectivity index (χ0v) is 11.3. The highest BCUT2D eigenvalue weighted by molar-refractivity contribution is 5.81. The minimum atomic E-state index is 0.469. The summed E-state index contributed by atoms with van der Waals surface area (Å²) in [6.45, 7) is 1.01. The molecule has 3 nitrogen and oxygen atoms in total.